The van der Waals surface area contributed by atoms with Gasteiger partial charge in [-0.05, 0) is 35.9 Å². The number of carbonyl (C=O) groups is 1. The third-order valence-electron chi connectivity index (χ3n) is 6.10. The van der Waals surface area contributed by atoms with Crippen LogP contribution >= 0.6 is 0 Å². The second-order valence-electron chi connectivity index (χ2n) is 8.17. The van der Waals surface area contributed by atoms with Crippen LogP contribution in [0.2, 0.25) is 0 Å². The molecule has 6 rings (SSSR count). The summed E-state index contributed by atoms with van der Waals surface area (Å²) in [5.74, 6) is -2.68. The first kappa shape index (κ1) is 20.7. The number of phenols is 3. The predicted octanol–water partition coefficient (Wildman–Crippen LogP) is 3.45. The SMILES string of the molecule is O=C1C[C@H](c2ccc3c(c2)OCO3)c2c(cc(O)c3c(=O)c(O)c(-c4ccc(O)c(O)c4)oc23)O1. The highest BCUT2D eigenvalue weighted by atomic mass is 16.7. The Balaban J connectivity index is 1.65. The van der Waals surface area contributed by atoms with Crippen LogP contribution in [0.15, 0.2) is 51.7 Å². The Hall–Kier alpha value is -4.86. The summed E-state index contributed by atoms with van der Waals surface area (Å²) in [6.07, 6.45) is -0.0908. The molecule has 10 heteroatoms. The molecule has 0 bridgehead atoms. The Morgan fingerprint density at radius 2 is 1.60 bits per heavy atom. The maximum absolute atomic E-state index is 13.1. The molecule has 3 aromatic carbocycles. The van der Waals surface area contributed by atoms with Crippen molar-refractivity contribution in [3.63, 3.8) is 0 Å². The van der Waals surface area contributed by atoms with Gasteiger partial charge in [0.25, 0.3) is 0 Å². The second kappa shape index (κ2) is 7.32. The summed E-state index contributed by atoms with van der Waals surface area (Å²) in [4.78, 5) is 25.5. The van der Waals surface area contributed by atoms with Crippen molar-refractivity contribution in [1.29, 1.82) is 0 Å². The molecule has 0 amide bonds. The molecule has 0 fully saturated rings. The zero-order valence-electron chi connectivity index (χ0n) is 17.8. The van der Waals surface area contributed by atoms with Crippen LogP contribution in [0.3, 0.4) is 0 Å². The predicted molar refractivity (Wildman–Crippen MR) is 119 cm³/mol. The summed E-state index contributed by atoms with van der Waals surface area (Å²) in [5.41, 5.74) is 0.0496. The van der Waals surface area contributed by atoms with Gasteiger partial charge in [0.05, 0.1) is 6.42 Å². The number of aromatic hydroxyl groups is 4. The molecule has 2 aliphatic rings. The monoisotopic (exact) mass is 476 g/mol. The lowest BCUT2D eigenvalue weighted by Gasteiger charge is -2.26. The van der Waals surface area contributed by atoms with Gasteiger partial charge in [-0.15, -0.1) is 0 Å². The van der Waals surface area contributed by atoms with Crippen molar-refractivity contribution in [1.82, 2.24) is 0 Å². The van der Waals surface area contributed by atoms with Crippen molar-refractivity contribution in [3.05, 3.63) is 63.8 Å². The quantitative estimate of drug-likeness (QED) is 0.192. The summed E-state index contributed by atoms with van der Waals surface area (Å²) in [6.45, 7) is 0.0653. The van der Waals surface area contributed by atoms with E-state index in [2.05, 4.69) is 0 Å². The van der Waals surface area contributed by atoms with E-state index in [1.54, 1.807) is 18.2 Å². The number of fused-ring (bicyclic) bond motifs is 4. The van der Waals surface area contributed by atoms with Gasteiger partial charge in [-0.25, -0.2) is 0 Å². The Kier molecular flexibility index (Phi) is 4.34. The molecular weight excluding hydrogens is 460 g/mol. The molecule has 2 aliphatic heterocycles. The molecule has 4 N–H and O–H groups in total. The maximum Gasteiger partial charge on any atom is 0.312 e. The van der Waals surface area contributed by atoms with E-state index in [0.717, 1.165) is 12.1 Å². The van der Waals surface area contributed by atoms with Crippen molar-refractivity contribution in [2.45, 2.75) is 12.3 Å². The largest absolute Gasteiger partial charge is 0.507 e. The number of hydrogen-bond donors (Lipinski definition) is 4. The van der Waals surface area contributed by atoms with Crippen molar-refractivity contribution in [2.24, 2.45) is 0 Å². The number of phenolic OH excluding ortho intramolecular Hbond substituents is 3. The topological polar surface area (TPSA) is 156 Å². The molecule has 0 radical (unpaired) electrons. The molecule has 0 unspecified atom stereocenters. The lowest BCUT2D eigenvalue weighted by Crippen LogP contribution is -2.22. The maximum atomic E-state index is 13.1. The molecule has 0 aliphatic carbocycles. The Bertz CT molecular complexity index is 1620. The van der Waals surface area contributed by atoms with Crippen LogP contribution < -0.4 is 19.6 Å². The molecule has 1 atom stereocenters. The average molecular weight is 476 g/mol. The number of esters is 1. The van der Waals surface area contributed by atoms with E-state index < -0.39 is 40.3 Å². The van der Waals surface area contributed by atoms with Crippen molar-refractivity contribution in [3.8, 4) is 51.6 Å². The van der Waals surface area contributed by atoms with E-state index in [9.17, 15) is 30.0 Å². The van der Waals surface area contributed by atoms with Gasteiger partial charge >= 0.3 is 5.97 Å². The van der Waals surface area contributed by atoms with E-state index in [1.165, 1.54) is 12.1 Å². The third kappa shape index (κ3) is 3.11. The zero-order chi connectivity index (χ0) is 24.4. The van der Waals surface area contributed by atoms with E-state index in [0.29, 0.717) is 22.6 Å². The molecule has 3 heterocycles. The van der Waals surface area contributed by atoms with Crippen LogP contribution in [0.4, 0.5) is 0 Å². The molecule has 0 saturated heterocycles. The van der Waals surface area contributed by atoms with E-state index in [4.69, 9.17) is 18.6 Å². The van der Waals surface area contributed by atoms with Gasteiger partial charge in [-0.1, -0.05) is 6.07 Å². The highest BCUT2D eigenvalue weighted by Crippen LogP contribution is 2.48. The van der Waals surface area contributed by atoms with Crippen LogP contribution in [0, 0.1) is 0 Å². The molecular formula is C25H16O10. The van der Waals surface area contributed by atoms with Crippen LogP contribution in [-0.2, 0) is 4.79 Å². The van der Waals surface area contributed by atoms with Crippen molar-refractivity contribution >= 4 is 16.9 Å². The summed E-state index contributed by atoms with van der Waals surface area (Å²) in [7, 11) is 0. The van der Waals surface area contributed by atoms with Gasteiger partial charge in [-0.3, -0.25) is 9.59 Å². The Labute approximate surface area is 195 Å². The van der Waals surface area contributed by atoms with E-state index >= 15 is 0 Å². The van der Waals surface area contributed by atoms with Crippen molar-refractivity contribution < 1.29 is 43.8 Å². The molecule has 35 heavy (non-hydrogen) atoms. The minimum absolute atomic E-state index is 0.00209. The number of ether oxygens (including phenoxy) is 3. The fourth-order valence-corrected chi connectivity index (χ4v) is 4.46. The third-order valence-corrected chi connectivity index (χ3v) is 6.10. The first-order valence-electron chi connectivity index (χ1n) is 10.5. The molecule has 1 aromatic heterocycles. The summed E-state index contributed by atoms with van der Waals surface area (Å²) < 4.78 is 22.1. The standard InChI is InChI=1S/C25H16O10/c26-13-3-1-11(5-14(13)27)24-23(31)22(30)21-15(28)8-18-20(25(21)35-24)12(7-19(29)34-18)10-2-4-16-17(6-10)33-9-32-16/h1-6,8,12,26-28,31H,7,9H2/t12-/m1/s1. The van der Waals surface area contributed by atoms with Gasteiger partial charge < -0.3 is 39.1 Å². The summed E-state index contributed by atoms with van der Waals surface area (Å²) in [6, 6.07) is 9.92. The fourth-order valence-electron chi connectivity index (χ4n) is 4.46. The number of rotatable bonds is 2. The normalized spacial score (nSPS) is 16.2. The van der Waals surface area contributed by atoms with Crippen LogP contribution in [-0.4, -0.2) is 33.2 Å². The summed E-state index contributed by atoms with van der Waals surface area (Å²) >= 11 is 0. The first-order chi connectivity index (χ1) is 16.8. The molecule has 0 spiro atoms. The summed E-state index contributed by atoms with van der Waals surface area (Å²) in [5, 5.41) is 40.4. The Morgan fingerprint density at radius 1 is 0.800 bits per heavy atom. The lowest BCUT2D eigenvalue weighted by molar-refractivity contribution is -0.135. The van der Waals surface area contributed by atoms with E-state index in [-0.39, 0.29) is 41.3 Å². The molecule has 4 aromatic rings. The Morgan fingerprint density at radius 3 is 2.40 bits per heavy atom. The smallest absolute Gasteiger partial charge is 0.312 e. The minimum Gasteiger partial charge on any atom is -0.507 e. The minimum atomic E-state index is -0.921. The lowest BCUT2D eigenvalue weighted by atomic mass is 9.85. The highest BCUT2D eigenvalue weighted by Gasteiger charge is 2.35. The fraction of sp³-hybridized carbons (Fsp3) is 0.120. The first-order valence-corrected chi connectivity index (χ1v) is 10.5. The average Bonchev–Trinajstić information content (AvgIpc) is 3.30. The van der Waals surface area contributed by atoms with Crippen molar-refractivity contribution in [2.75, 3.05) is 6.79 Å². The zero-order valence-corrected chi connectivity index (χ0v) is 17.8. The second-order valence-corrected chi connectivity index (χ2v) is 8.17. The van der Waals surface area contributed by atoms with Gasteiger partial charge in [0, 0.05) is 23.1 Å². The van der Waals surface area contributed by atoms with Gasteiger partial charge in [0.2, 0.25) is 18.0 Å². The molecule has 0 saturated carbocycles. The number of benzene rings is 3. The van der Waals surface area contributed by atoms with Gasteiger partial charge in [0.1, 0.15) is 22.5 Å². The van der Waals surface area contributed by atoms with Crippen LogP contribution in [0.5, 0.6) is 40.2 Å². The number of carbonyl (C=O) groups excluding carboxylic acids is 1. The highest BCUT2D eigenvalue weighted by molar-refractivity contribution is 5.94. The number of hydrogen-bond acceptors (Lipinski definition) is 10. The molecule has 10 nitrogen and oxygen atoms in total. The van der Waals surface area contributed by atoms with Gasteiger partial charge in [-0.2, -0.15) is 0 Å². The van der Waals surface area contributed by atoms with Gasteiger partial charge in [0.15, 0.2) is 28.8 Å². The van der Waals surface area contributed by atoms with Crippen LogP contribution in [0.25, 0.3) is 22.3 Å². The van der Waals surface area contributed by atoms with E-state index in [1.807, 2.05) is 0 Å². The molecule has 176 valence electrons. The van der Waals surface area contributed by atoms with Crippen LogP contribution in [0.1, 0.15) is 23.5 Å².